The zero-order valence-corrected chi connectivity index (χ0v) is 7.34. The average Bonchev–Trinajstić information content (AvgIpc) is 2.03. The number of carboxylic acid groups (broad SMARTS) is 1. The second-order valence-electron chi connectivity index (χ2n) is 3.18. The smallest absolute Gasteiger partial charge is 0.328 e. The molecule has 0 aromatic carbocycles. The fraction of sp³-hybridized carbons (Fsp3) is 0.500. The van der Waals surface area contributed by atoms with Crippen molar-refractivity contribution in [2.75, 3.05) is 0 Å². The van der Waals surface area contributed by atoms with E-state index in [9.17, 15) is 4.79 Å². The molecule has 0 heterocycles. The lowest BCUT2D eigenvalue weighted by atomic mass is 9.92. The number of hydrogen-bond acceptors (Lipinski definition) is 1. The van der Waals surface area contributed by atoms with Crippen LogP contribution in [0, 0.1) is 0 Å². The molecule has 1 aliphatic carbocycles. The summed E-state index contributed by atoms with van der Waals surface area (Å²) in [6.45, 7) is 2.08. The van der Waals surface area contributed by atoms with Crippen molar-refractivity contribution in [3.63, 3.8) is 0 Å². The Morgan fingerprint density at radius 2 is 2.08 bits per heavy atom. The molecule has 0 saturated heterocycles. The summed E-state index contributed by atoms with van der Waals surface area (Å²) in [4.78, 5) is 10.2. The van der Waals surface area contributed by atoms with Crippen LogP contribution in [0.4, 0.5) is 0 Å². The summed E-state index contributed by atoms with van der Waals surface area (Å²) in [5.74, 6) is -0.860. The molecular weight excluding hydrogens is 152 g/mol. The monoisotopic (exact) mass is 166 g/mol. The molecule has 0 spiro atoms. The van der Waals surface area contributed by atoms with Gasteiger partial charge in [0.05, 0.1) is 0 Å². The fourth-order valence-corrected chi connectivity index (χ4v) is 1.48. The Morgan fingerprint density at radius 3 is 2.67 bits per heavy atom. The molecule has 0 atom stereocenters. The first-order valence-electron chi connectivity index (χ1n) is 4.30. The van der Waals surface area contributed by atoms with E-state index in [2.05, 4.69) is 6.92 Å². The topological polar surface area (TPSA) is 37.3 Å². The van der Waals surface area contributed by atoms with E-state index in [1.54, 1.807) is 6.08 Å². The third kappa shape index (κ3) is 2.53. The summed E-state index contributed by atoms with van der Waals surface area (Å²) in [5, 5.41) is 8.42. The van der Waals surface area contributed by atoms with Crippen LogP contribution in [-0.4, -0.2) is 11.1 Å². The molecule has 0 saturated carbocycles. The first-order valence-corrected chi connectivity index (χ1v) is 4.30. The number of carboxylic acids is 1. The lowest BCUT2D eigenvalue weighted by molar-refractivity contribution is -0.131. The third-order valence-corrected chi connectivity index (χ3v) is 2.22. The van der Waals surface area contributed by atoms with Gasteiger partial charge in [-0.2, -0.15) is 0 Å². The highest BCUT2D eigenvalue weighted by Crippen LogP contribution is 2.24. The zero-order valence-electron chi connectivity index (χ0n) is 7.34. The summed E-state index contributed by atoms with van der Waals surface area (Å²) in [6.07, 6.45) is 7.56. The lowest BCUT2D eigenvalue weighted by Crippen LogP contribution is -1.96. The van der Waals surface area contributed by atoms with Gasteiger partial charge >= 0.3 is 5.97 Å². The summed E-state index contributed by atoms with van der Waals surface area (Å²) in [6, 6.07) is 0. The van der Waals surface area contributed by atoms with Crippen molar-refractivity contribution < 1.29 is 9.90 Å². The molecule has 2 heteroatoms. The van der Waals surface area contributed by atoms with E-state index >= 15 is 0 Å². The van der Waals surface area contributed by atoms with Gasteiger partial charge in [0.15, 0.2) is 0 Å². The number of carbonyl (C=O) groups is 1. The summed E-state index contributed by atoms with van der Waals surface area (Å²) < 4.78 is 0. The molecule has 0 aromatic rings. The SMILES string of the molecule is CC1=C(/C=C/C(=O)O)CCCC1. The van der Waals surface area contributed by atoms with E-state index in [0.29, 0.717) is 0 Å². The molecule has 1 rings (SSSR count). The van der Waals surface area contributed by atoms with Gasteiger partial charge < -0.3 is 5.11 Å². The van der Waals surface area contributed by atoms with Gasteiger partial charge in [-0.1, -0.05) is 11.6 Å². The Hall–Kier alpha value is -1.05. The molecule has 0 bridgehead atoms. The highest BCUT2D eigenvalue weighted by molar-refractivity contribution is 5.80. The van der Waals surface area contributed by atoms with Gasteiger partial charge in [-0.05, 0) is 38.2 Å². The minimum Gasteiger partial charge on any atom is -0.478 e. The minimum atomic E-state index is -0.860. The standard InChI is InChI=1S/C10H14O2/c1-8-4-2-3-5-9(8)6-7-10(11)12/h6-7H,2-5H2,1H3,(H,11,12)/b7-6+. The van der Waals surface area contributed by atoms with Crippen molar-refractivity contribution in [2.45, 2.75) is 32.6 Å². The van der Waals surface area contributed by atoms with Crippen molar-refractivity contribution in [1.82, 2.24) is 0 Å². The fourth-order valence-electron chi connectivity index (χ4n) is 1.48. The van der Waals surface area contributed by atoms with Crippen LogP contribution in [0.5, 0.6) is 0 Å². The largest absolute Gasteiger partial charge is 0.478 e. The van der Waals surface area contributed by atoms with Crippen LogP contribution in [0.1, 0.15) is 32.6 Å². The van der Waals surface area contributed by atoms with Gasteiger partial charge in [0.25, 0.3) is 0 Å². The molecule has 2 nitrogen and oxygen atoms in total. The Labute approximate surface area is 72.6 Å². The van der Waals surface area contributed by atoms with Crippen molar-refractivity contribution >= 4 is 5.97 Å². The summed E-state index contributed by atoms with van der Waals surface area (Å²) in [5.41, 5.74) is 2.56. The number of hydrogen-bond donors (Lipinski definition) is 1. The Balaban J connectivity index is 2.66. The second kappa shape index (κ2) is 4.10. The van der Waals surface area contributed by atoms with Gasteiger partial charge in [-0.3, -0.25) is 0 Å². The summed E-state index contributed by atoms with van der Waals surface area (Å²) >= 11 is 0. The maximum absolute atomic E-state index is 10.2. The van der Waals surface area contributed by atoms with E-state index < -0.39 is 5.97 Å². The maximum Gasteiger partial charge on any atom is 0.328 e. The van der Waals surface area contributed by atoms with Crippen molar-refractivity contribution in [3.8, 4) is 0 Å². The first-order chi connectivity index (χ1) is 5.70. The van der Waals surface area contributed by atoms with Crippen LogP contribution < -0.4 is 0 Å². The van der Waals surface area contributed by atoms with Gasteiger partial charge in [0, 0.05) is 6.08 Å². The highest BCUT2D eigenvalue weighted by Gasteiger charge is 2.06. The Bertz CT molecular complexity index is 236. The van der Waals surface area contributed by atoms with Crippen LogP contribution in [-0.2, 0) is 4.79 Å². The van der Waals surface area contributed by atoms with Gasteiger partial charge in [0.1, 0.15) is 0 Å². The van der Waals surface area contributed by atoms with Gasteiger partial charge in [-0.15, -0.1) is 0 Å². The molecule has 0 aromatic heterocycles. The van der Waals surface area contributed by atoms with E-state index in [1.165, 1.54) is 30.1 Å². The zero-order chi connectivity index (χ0) is 8.97. The van der Waals surface area contributed by atoms with Crippen molar-refractivity contribution in [1.29, 1.82) is 0 Å². The quantitative estimate of drug-likeness (QED) is 0.640. The van der Waals surface area contributed by atoms with Crippen LogP contribution in [0.2, 0.25) is 0 Å². The lowest BCUT2D eigenvalue weighted by Gasteiger charge is -2.13. The maximum atomic E-state index is 10.2. The number of allylic oxidation sites excluding steroid dienone is 3. The average molecular weight is 166 g/mol. The number of aliphatic carboxylic acids is 1. The molecule has 0 fully saturated rings. The predicted octanol–water partition coefficient (Wildman–Crippen LogP) is 2.52. The van der Waals surface area contributed by atoms with Crippen LogP contribution in [0.25, 0.3) is 0 Å². The van der Waals surface area contributed by atoms with Crippen LogP contribution in [0.15, 0.2) is 23.3 Å². The van der Waals surface area contributed by atoms with Crippen molar-refractivity contribution in [3.05, 3.63) is 23.3 Å². The van der Waals surface area contributed by atoms with E-state index in [0.717, 1.165) is 12.8 Å². The third-order valence-electron chi connectivity index (χ3n) is 2.22. The first kappa shape index (κ1) is 9.04. The highest BCUT2D eigenvalue weighted by atomic mass is 16.4. The second-order valence-corrected chi connectivity index (χ2v) is 3.18. The molecule has 0 radical (unpaired) electrons. The Morgan fingerprint density at radius 1 is 1.42 bits per heavy atom. The molecule has 66 valence electrons. The van der Waals surface area contributed by atoms with Crippen molar-refractivity contribution in [2.24, 2.45) is 0 Å². The van der Waals surface area contributed by atoms with Crippen LogP contribution in [0.3, 0.4) is 0 Å². The van der Waals surface area contributed by atoms with Gasteiger partial charge in [-0.25, -0.2) is 4.79 Å². The molecule has 0 unspecified atom stereocenters. The summed E-state index contributed by atoms with van der Waals surface area (Å²) in [7, 11) is 0. The number of rotatable bonds is 2. The predicted molar refractivity (Wildman–Crippen MR) is 47.9 cm³/mol. The molecule has 1 aliphatic rings. The van der Waals surface area contributed by atoms with E-state index in [4.69, 9.17) is 5.11 Å². The van der Waals surface area contributed by atoms with Crippen LogP contribution >= 0.6 is 0 Å². The van der Waals surface area contributed by atoms with E-state index in [-0.39, 0.29) is 0 Å². The van der Waals surface area contributed by atoms with E-state index in [1.807, 2.05) is 0 Å². The molecule has 1 N–H and O–H groups in total. The van der Waals surface area contributed by atoms with Gasteiger partial charge in [0.2, 0.25) is 0 Å². The molecule has 0 amide bonds. The normalized spacial score (nSPS) is 18.8. The minimum absolute atomic E-state index is 0.860. The Kier molecular flexibility index (Phi) is 3.09. The molecular formula is C10H14O2. The molecule has 12 heavy (non-hydrogen) atoms. The molecule has 0 aliphatic heterocycles.